The number of thiazole rings is 1. The predicted octanol–water partition coefficient (Wildman–Crippen LogP) is 3.77. The minimum Gasteiger partial charge on any atom is -0.320 e. The minimum atomic E-state index is -0.151. The van der Waals surface area contributed by atoms with Crippen molar-refractivity contribution in [1.82, 2.24) is 9.38 Å². The predicted molar refractivity (Wildman–Crippen MR) is 86.2 cm³/mol. The number of fused-ring (bicyclic) bond motifs is 1. The topological polar surface area (TPSA) is 46.4 Å². The Bertz CT molecular complexity index is 737. The number of imidazole rings is 1. The first kappa shape index (κ1) is 13.8. The van der Waals surface area contributed by atoms with Crippen LogP contribution in [-0.4, -0.2) is 15.3 Å². The average molecular weight is 299 g/mol. The van der Waals surface area contributed by atoms with Crippen molar-refractivity contribution in [2.75, 3.05) is 5.32 Å². The van der Waals surface area contributed by atoms with Crippen LogP contribution in [0, 0.1) is 0 Å². The maximum absolute atomic E-state index is 12.4. The Morgan fingerprint density at radius 3 is 2.62 bits per heavy atom. The molecule has 0 saturated heterocycles. The lowest BCUT2D eigenvalue weighted by Gasteiger charge is -2.13. The van der Waals surface area contributed by atoms with Crippen molar-refractivity contribution in [2.24, 2.45) is 0 Å². The number of carbonyl (C=O) groups excluding carboxylic acids is 1. The number of amides is 1. The van der Waals surface area contributed by atoms with Crippen molar-refractivity contribution in [2.45, 2.75) is 26.7 Å². The van der Waals surface area contributed by atoms with Crippen LogP contribution < -0.4 is 5.32 Å². The van der Waals surface area contributed by atoms with Crippen LogP contribution in [0.3, 0.4) is 0 Å². The molecule has 0 atom stereocenters. The van der Waals surface area contributed by atoms with Gasteiger partial charge in [-0.1, -0.05) is 32.0 Å². The highest BCUT2D eigenvalue weighted by Crippen LogP contribution is 2.23. The van der Waals surface area contributed by atoms with Crippen LogP contribution in [0.5, 0.6) is 0 Å². The van der Waals surface area contributed by atoms with Gasteiger partial charge in [-0.3, -0.25) is 9.20 Å². The molecule has 0 fully saturated rings. The fourth-order valence-corrected chi connectivity index (χ4v) is 3.12. The zero-order valence-corrected chi connectivity index (χ0v) is 12.9. The molecule has 0 aliphatic rings. The standard InChI is InChI=1S/C16H17N3OS/c1-3-11-6-5-7-12(4-2)14(11)18-15(20)13-10-19-8-9-21-16(19)17-13/h5-10H,3-4H2,1-2H3,(H,18,20). The maximum atomic E-state index is 12.4. The number of aryl methyl sites for hydroxylation is 2. The van der Waals surface area contributed by atoms with E-state index in [2.05, 4.69) is 36.3 Å². The van der Waals surface area contributed by atoms with E-state index < -0.39 is 0 Å². The summed E-state index contributed by atoms with van der Waals surface area (Å²) in [6, 6.07) is 6.15. The van der Waals surface area contributed by atoms with Crippen molar-refractivity contribution in [1.29, 1.82) is 0 Å². The number of para-hydroxylation sites is 1. The number of nitrogens with one attached hydrogen (secondary N) is 1. The summed E-state index contributed by atoms with van der Waals surface area (Å²) >= 11 is 1.52. The second kappa shape index (κ2) is 5.69. The molecule has 3 rings (SSSR count). The molecule has 0 unspecified atom stereocenters. The molecule has 4 nitrogen and oxygen atoms in total. The first-order chi connectivity index (χ1) is 10.2. The van der Waals surface area contributed by atoms with Gasteiger partial charge in [0, 0.05) is 23.5 Å². The lowest BCUT2D eigenvalue weighted by Crippen LogP contribution is -2.15. The Kier molecular flexibility index (Phi) is 3.75. The summed E-state index contributed by atoms with van der Waals surface area (Å²) < 4.78 is 1.87. The summed E-state index contributed by atoms with van der Waals surface area (Å²) in [7, 11) is 0. The molecule has 0 aliphatic heterocycles. The van der Waals surface area contributed by atoms with Gasteiger partial charge in [-0.05, 0) is 24.0 Å². The zero-order chi connectivity index (χ0) is 14.8. The summed E-state index contributed by atoms with van der Waals surface area (Å²) in [5.74, 6) is -0.151. The van der Waals surface area contributed by atoms with E-state index in [1.54, 1.807) is 6.20 Å². The van der Waals surface area contributed by atoms with E-state index in [1.165, 1.54) is 11.3 Å². The van der Waals surface area contributed by atoms with Crippen LogP contribution in [0.4, 0.5) is 5.69 Å². The second-order valence-electron chi connectivity index (χ2n) is 4.83. The number of benzene rings is 1. The number of aromatic nitrogens is 2. The Morgan fingerprint density at radius 1 is 1.29 bits per heavy atom. The van der Waals surface area contributed by atoms with E-state index in [-0.39, 0.29) is 5.91 Å². The van der Waals surface area contributed by atoms with Gasteiger partial charge in [-0.2, -0.15) is 0 Å². The third-order valence-electron chi connectivity index (χ3n) is 3.56. The highest BCUT2D eigenvalue weighted by molar-refractivity contribution is 7.15. The lowest BCUT2D eigenvalue weighted by molar-refractivity contribution is 0.102. The highest BCUT2D eigenvalue weighted by Gasteiger charge is 2.15. The van der Waals surface area contributed by atoms with E-state index in [1.807, 2.05) is 22.0 Å². The molecule has 1 amide bonds. The van der Waals surface area contributed by atoms with Gasteiger partial charge in [-0.15, -0.1) is 11.3 Å². The molecule has 108 valence electrons. The van der Waals surface area contributed by atoms with Crippen LogP contribution in [0.25, 0.3) is 4.96 Å². The number of rotatable bonds is 4. The van der Waals surface area contributed by atoms with Gasteiger partial charge in [0.15, 0.2) is 4.96 Å². The molecule has 0 saturated carbocycles. The number of carbonyl (C=O) groups is 1. The van der Waals surface area contributed by atoms with Gasteiger partial charge in [-0.25, -0.2) is 4.98 Å². The molecule has 5 heteroatoms. The summed E-state index contributed by atoms with van der Waals surface area (Å²) in [5, 5.41) is 4.99. The first-order valence-corrected chi connectivity index (χ1v) is 7.95. The summed E-state index contributed by atoms with van der Waals surface area (Å²) in [6.07, 6.45) is 5.45. The average Bonchev–Trinajstić information content (AvgIpc) is 3.08. The highest BCUT2D eigenvalue weighted by atomic mass is 32.1. The fraction of sp³-hybridized carbons (Fsp3) is 0.250. The summed E-state index contributed by atoms with van der Waals surface area (Å²) in [4.78, 5) is 17.6. The quantitative estimate of drug-likeness (QED) is 0.797. The van der Waals surface area contributed by atoms with Gasteiger partial charge in [0.1, 0.15) is 5.69 Å². The molecular weight excluding hydrogens is 282 g/mol. The van der Waals surface area contributed by atoms with E-state index in [4.69, 9.17) is 0 Å². The first-order valence-electron chi connectivity index (χ1n) is 7.07. The fourth-order valence-electron chi connectivity index (χ4n) is 2.42. The monoisotopic (exact) mass is 299 g/mol. The zero-order valence-electron chi connectivity index (χ0n) is 12.1. The largest absolute Gasteiger partial charge is 0.320 e. The van der Waals surface area contributed by atoms with E-state index in [0.29, 0.717) is 5.69 Å². The van der Waals surface area contributed by atoms with Crippen LogP contribution in [0.1, 0.15) is 35.5 Å². The van der Waals surface area contributed by atoms with Crippen molar-refractivity contribution >= 4 is 27.9 Å². The number of hydrogen-bond acceptors (Lipinski definition) is 3. The van der Waals surface area contributed by atoms with Crippen LogP contribution in [0.2, 0.25) is 0 Å². The summed E-state index contributed by atoms with van der Waals surface area (Å²) in [6.45, 7) is 4.19. The van der Waals surface area contributed by atoms with Gasteiger partial charge >= 0.3 is 0 Å². The van der Waals surface area contributed by atoms with E-state index >= 15 is 0 Å². The number of hydrogen-bond donors (Lipinski definition) is 1. The molecule has 1 N–H and O–H groups in total. The molecule has 2 aromatic heterocycles. The van der Waals surface area contributed by atoms with E-state index in [0.717, 1.165) is 34.6 Å². The van der Waals surface area contributed by atoms with Gasteiger partial charge in [0.2, 0.25) is 0 Å². The van der Waals surface area contributed by atoms with Gasteiger partial charge in [0.25, 0.3) is 5.91 Å². The van der Waals surface area contributed by atoms with Crippen LogP contribution >= 0.6 is 11.3 Å². The smallest absolute Gasteiger partial charge is 0.275 e. The minimum absolute atomic E-state index is 0.151. The molecule has 0 spiro atoms. The molecule has 0 bridgehead atoms. The Labute approximate surface area is 127 Å². The molecule has 1 aromatic carbocycles. The molecule has 2 heterocycles. The molecule has 0 radical (unpaired) electrons. The summed E-state index contributed by atoms with van der Waals surface area (Å²) in [5.41, 5.74) is 3.70. The Morgan fingerprint density at radius 2 is 2.00 bits per heavy atom. The Hall–Kier alpha value is -2.14. The third-order valence-corrected chi connectivity index (χ3v) is 4.33. The number of anilines is 1. The SMILES string of the molecule is CCc1cccc(CC)c1NC(=O)c1cn2ccsc2n1. The van der Waals surface area contributed by atoms with Crippen molar-refractivity contribution < 1.29 is 4.79 Å². The normalized spacial score (nSPS) is 11.0. The van der Waals surface area contributed by atoms with Gasteiger partial charge < -0.3 is 5.32 Å². The third kappa shape index (κ3) is 2.56. The van der Waals surface area contributed by atoms with Crippen molar-refractivity contribution in [3.8, 4) is 0 Å². The van der Waals surface area contributed by atoms with Crippen LogP contribution in [-0.2, 0) is 12.8 Å². The van der Waals surface area contributed by atoms with Crippen molar-refractivity contribution in [3.05, 3.63) is 52.8 Å². The van der Waals surface area contributed by atoms with Crippen molar-refractivity contribution in [3.63, 3.8) is 0 Å². The van der Waals surface area contributed by atoms with Gasteiger partial charge in [0.05, 0.1) is 0 Å². The second-order valence-corrected chi connectivity index (χ2v) is 5.70. The van der Waals surface area contributed by atoms with Crippen LogP contribution in [0.15, 0.2) is 36.0 Å². The molecule has 3 aromatic rings. The lowest BCUT2D eigenvalue weighted by atomic mass is 10.0. The molecule has 21 heavy (non-hydrogen) atoms. The van der Waals surface area contributed by atoms with E-state index in [9.17, 15) is 4.79 Å². The molecule has 0 aliphatic carbocycles. The Balaban J connectivity index is 1.92. The maximum Gasteiger partial charge on any atom is 0.275 e. The molecular formula is C16H17N3OS. The number of nitrogens with zero attached hydrogens (tertiary/aromatic N) is 2.